The summed E-state index contributed by atoms with van der Waals surface area (Å²) in [6.45, 7) is 10.0. The van der Waals surface area contributed by atoms with Gasteiger partial charge >= 0.3 is 0 Å². The monoisotopic (exact) mass is 198 g/mol. The molecule has 0 radical (unpaired) electrons. The molecule has 0 saturated heterocycles. The molecule has 1 saturated carbocycles. The fourth-order valence-corrected chi connectivity index (χ4v) is 1.93. The van der Waals surface area contributed by atoms with Crippen molar-refractivity contribution in [2.24, 2.45) is 23.0 Å². The van der Waals surface area contributed by atoms with E-state index >= 15 is 0 Å². The first-order chi connectivity index (χ1) is 6.59. The van der Waals surface area contributed by atoms with Gasteiger partial charge in [0.05, 0.1) is 0 Å². The van der Waals surface area contributed by atoms with Gasteiger partial charge in [-0.2, -0.15) is 0 Å². The molecule has 1 aliphatic carbocycles. The Balaban J connectivity index is 2.14. The van der Waals surface area contributed by atoms with Crippen LogP contribution in [0.3, 0.4) is 0 Å². The first kappa shape index (κ1) is 12.0. The van der Waals surface area contributed by atoms with E-state index in [1.165, 1.54) is 19.3 Å². The molecule has 0 heterocycles. The van der Waals surface area contributed by atoms with Crippen LogP contribution in [0.1, 0.15) is 40.0 Å². The van der Waals surface area contributed by atoms with Gasteiger partial charge in [0.15, 0.2) is 0 Å². The summed E-state index contributed by atoms with van der Waals surface area (Å²) in [5.74, 6) is 1.54. The van der Waals surface area contributed by atoms with Crippen molar-refractivity contribution in [2.45, 2.75) is 40.0 Å². The topological polar surface area (TPSA) is 38.0 Å². The zero-order valence-corrected chi connectivity index (χ0v) is 9.97. The van der Waals surface area contributed by atoms with E-state index < -0.39 is 0 Å². The highest BCUT2D eigenvalue weighted by Gasteiger charge is 2.34. The Morgan fingerprint density at radius 1 is 1.29 bits per heavy atom. The van der Waals surface area contributed by atoms with E-state index in [-0.39, 0.29) is 0 Å². The van der Waals surface area contributed by atoms with Gasteiger partial charge in [-0.25, -0.2) is 0 Å². The van der Waals surface area contributed by atoms with Gasteiger partial charge in [0.1, 0.15) is 0 Å². The second-order valence-electron chi connectivity index (χ2n) is 5.41. The van der Waals surface area contributed by atoms with Crippen LogP contribution in [0.25, 0.3) is 0 Å². The van der Waals surface area contributed by atoms with Gasteiger partial charge in [0, 0.05) is 6.54 Å². The third-order valence-corrected chi connectivity index (χ3v) is 3.95. The molecular formula is C12H26N2. The third-order valence-electron chi connectivity index (χ3n) is 3.95. The van der Waals surface area contributed by atoms with Gasteiger partial charge in [0.25, 0.3) is 0 Å². The van der Waals surface area contributed by atoms with Crippen molar-refractivity contribution in [3.63, 3.8) is 0 Å². The quantitative estimate of drug-likeness (QED) is 0.685. The summed E-state index contributed by atoms with van der Waals surface area (Å²) in [4.78, 5) is 0. The predicted octanol–water partition coefficient (Wildman–Crippen LogP) is 2.00. The van der Waals surface area contributed by atoms with Crippen molar-refractivity contribution < 1.29 is 0 Å². The Kier molecular flexibility index (Phi) is 4.39. The second-order valence-corrected chi connectivity index (χ2v) is 5.41. The molecule has 2 heteroatoms. The molecule has 1 atom stereocenters. The Hall–Kier alpha value is -0.0800. The summed E-state index contributed by atoms with van der Waals surface area (Å²) in [7, 11) is 0. The van der Waals surface area contributed by atoms with Crippen molar-refractivity contribution in [2.75, 3.05) is 19.6 Å². The van der Waals surface area contributed by atoms with Crippen LogP contribution in [0.2, 0.25) is 0 Å². The molecule has 0 spiro atoms. The van der Waals surface area contributed by atoms with Crippen LogP contribution in [0.5, 0.6) is 0 Å². The molecule has 14 heavy (non-hydrogen) atoms. The van der Waals surface area contributed by atoms with Crippen LogP contribution >= 0.6 is 0 Å². The zero-order valence-electron chi connectivity index (χ0n) is 9.97. The summed E-state index contributed by atoms with van der Waals surface area (Å²) in [5, 5.41) is 3.58. The average molecular weight is 198 g/mol. The fourth-order valence-electron chi connectivity index (χ4n) is 1.93. The summed E-state index contributed by atoms with van der Waals surface area (Å²) in [6.07, 6.45) is 4.03. The second kappa shape index (κ2) is 5.13. The van der Waals surface area contributed by atoms with Gasteiger partial charge < -0.3 is 11.1 Å². The number of hydrogen-bond donors (Lipinski definition) is 2. The van der Waals surface area contributed by atoms with Gasteiger partial charge in [-0.3, -0.25) is 0 Å². The highest BCUT2D eigenvalue weighted by Crippen LogP contribution is 2.39. The third kappa shape index (κ3) is 2.96. The Labute approximate surface area is 88.6 Å². The van der Waals surface area contributed by atoms with Crippen molar-refractivity contribution >= 4 is 0 Å². The van der Waals surface area contributed by atoms with E-state index in [1.807, 2.05) is 0 Å². The van der Waals surface area contributed by atoms with Gasteiger partial charge in [0.2, 0.25) is 0 Å². The molecule has 0 aromatic heterocycles. The number of nitrogens with one attached hydrogen (secondary N) is 1. The van der Waals surface area contributed by atoms with Crippen molar-refractivity contribution in [1.82, 2.24) is 5.32 Å². The summed E-state index contributed by atoms with van der Waals surface area (Å²) in [6, 6.07) is 0. The average Bonchev–Trinajstić information content (AvgIpc) is 2.09. The van der Waals surface area contributed by atoms with Crippen LogP contribution in [0.4, 0.5) is 0 Å². The maximum Gasteiger partial charge on any atom is 0.00200 e. The van der Waals surface area contributed by atoms with E-state index in [2.05, 4.69) is 26.1 Å². The summed E-state index contributed by atoms with van der Waals surface area (Å²) < 4.78 is 0. The minimum Gasteiger partial charge on any atom is -0.330 e. The van der Waals surface area contributed by atoms with E-state index in [9.17, 15) is 0 Å². The minimum absolute atomic E-state index is 0.455. The van der Waals surface area contributed by atoms with E-state index in [4.69, 9.17) is 5.73 Å². The minimum atomic E-state index is 0.455. The van der Waals surface area contributed by atoms with Crippen LogP contribution in [0, 0.1) is 17.3 Å². The molecule has 0 amide bonds. The molecule has 0 aromatic carbocycles. The summed E-state index contributed by atoms with van der Waals surface area (Å²) in [5.41, 5.74) is 6.26. The van der Waals surface area contributed by atoms with Crippen LogP contribution in [0.15, 0.2) is 0 Å². The highest BCUT2D eigenvalue weighted by molar-refractivity contribution is 4.90. The molecule has 1 unspecified atom stereocenters. The molecule has 0 aromatic rings. The van der Waals surface area contributed by atoms with Gasteiger partial charge in [-0.05, 0) is 43.2 Å². The van der Waals surface area contributed by atoms with E-state index in [0.29, 0.717) is 5.41 Å². The smallest absolute Gasteiger partial charge is 0.00200 e. The van der Waals surface area contributed by atoms with Gasteiger partial charge in [-0.1, -0.05) is 27.2 Å². The van der Waals surface area contributed by atoms with E-state index in [0.717, 1.165) is 31.5 Å². The lowest BCUT2D eigenvalue weighted by Crippen LogP contribution is -2.46. The SMILES string of the molecule is CC(C)C(C)CNCC1(CN)CCC1. The largest absolute Gasteiger partial charge is 0.330 e. The standard InChI is InChI=1S/C12H26N2/c1-10(2)11(3)7-14-9-12(8-13)5-4-6-12/h10-11,14H,4-9,13H2,1-3H3. The molecule has 0 bridgehead atoms. The zero-order chi connectivity index (χ0) is 10.6. The highest BCUT2D eigenvalue weighted by atomic mass is 14.9. The normalized spacial score (nSPS) is 22.1. The van der Waals surface area contributed by atoms with Crippen LogP contribution in [-0.4, -0.2) is 19.6 Å². The number of hydrogen-bond acceptors (Lipinski definition) is 2. The molecule has 1 aliphatic rings. The van der Waals surface area contributed by atoms with E-state index in [1.54, 1.807) is 0 Å². The molecule has 1 rings (SSSR count). The Morgan fingerprint density at radius 2 is 1.93 bits per heavy atom. The van der Waals surface area contributed by atoms with Gasteiger partial charge in [-0.15, -0.1) is 0 Å². The molecular weight excluding hydrogens is 172 g/mol. The van der Waals surface area contributed by atoms with Crippen LogP contribution < -0.4 is 11.1 Å². The van der Waals surface area contributed by atoms with Crippen molar-refractivity contribution in [3.8, 4) is 0 Å². The first-order valence-electron chi connectivity index (χ1n) is 6.00. The number of nitrogens with two attached hydrogens (primary N) is 1. The fraction of sp³-hybridized carbons (Fsp3) is 1.00. The maximum absolute atomic E-state index is 5.81. The lowest BCUT2D eigenvalue weighted by molar-refractivity contribution is 0.138. The summed E-state index contributed by atoms with van der Waals surface area (Å²) >= 11 is 0. The molecule has 0 aliphatic heterocycles. The number of rotatable bonds is 6. The molecule has 2 nitrogen and oxygen atoms in total. The van der Waals surface area contributed by atoms with Crippen molar-refractivity contribution in [1.29, 1.82) is 0 Å². The molecule has 3 N–H and O–H groups in total. The van der Waals surface area contributed by atoms with Crippen LogP contribution in [-0.2, 0) is 0 Å². The molecule has 84 valence electrons. The van der Waals surface area contributed by atoms with Crippen molar-refractivity contribution in [3.05, 3.63) is 0 Å². The Bertz CT molecular complexity index is 156. The lowest BCUT2D eigenvalue weighted by atomic mass is 9.69. The Morgan fingerprint density at radius 3 is 2.29 bits per heavy atom. The predicted molar refractivity (Wildman–Crippen MR) is 62.2 cm³/mol. The molecule has 1 fully saturated rings. The first-order valence-corrected chi connectivity index (χ1v) is 6.00. The maximum atomic E-state index is 5.81. The lowest BCUT2D eigenvalue weighted by Gasteiger charge is -2.41.